The van der Waals surface area contributed by atoms with Crippen LogP contribution in [0.25, 0.3) is 0 Å². The van der Waals surface area contributed by atoms with Gasteiger partial charge in [0, 0.05) is 45.4 Å². The maximum Gasteiger partial charge on any atom is 0.131 e. The van der Waals surface area contributed by atoms with Gasteiger partial charge >= 0.3 is 0 Å². The van der Waals surface area contributed by atoms with E-state index in [0.29, 0.717) is 12.2 Å². The lowest BCUT2D eigenvalue weighted by atomic mass is 10.1. The molecule has 1 aliphatic rings. The lowest BCUT2D eigenvalue weighted by molar-refractivity contribution is 0.181. The molecule has 0 unspecified atom stereocenters. The number of piperazine rings is 1. The Bertz CT molecular complexity index is 378. The topological polar surface area (TPSA) is 24.5 Å². The number of nitrogens with zero attached hydrogens (tertiary/aromatic N) is 1. The van der Waals surface area contributed by atoms with Crippen LogP contribution in [0, 0.1) is 5.82 Å². The fraction of sp³-hybridized carbons (Fsp3) is 0.571. The molecule has 1 aromatic rings. The molecule has 1 N–H and O–H groups in total. The fourth-order valence-corrected chi connectivity index (χ4v) is 2.31. The Morgan fingerprint density at radius 2 is 2.00 bits per heavy atom. The summed E-state index contributed by atoms with van der Waals surface area (Å²) in [4.78, 5) is 2.37. The first-order valence-electron chi connectivity index (χ1n) is 6.49. The number of hydrogen-bond acceptors (Lipinski definition) is 3. The van der Waals surface area contributed by atoms with E-state index in [1.807, 2.05) is 12.1 Å². The van der Waals surface area contributed by atoms with Crippen LogP contribution in [0.15, 0.2) is 18.2 Å². The van der Waals surface area contributed by atoms with Gasteiger partial charge in [-0.05, 0) is 12.0 Å². The van der Waals surface area contributed by atoms with Crippen LogP contribution < -0.4 is 5.32 Å². The Morgan fingerprint density at radius 3 is 2.72 bits per heavy atom. The summed E-state index contributed by atoms with van der Waals surface area (Å²) >= 11 is 0. The molecule has 3 nitrogen and oxygen atoms in total. The summed E-state index contributed by atoms with van der Waals surface area (Å²) < 4.78 is 19.1. The number of benzene rings is 1. The van der Waals surface area contributed by atoms with E-state index < -0.39 is 0 Å². The molecule has 1 aliphatic heterocycles. The number of ether oxygens (including phenoxy) is 1. The summed E-state index contributed by atoms with van der Waals surface area (Å²) in [7, 11) is 1.59. The molecule has 100 valence electrons. The van der Waals surface area contributed by atoms with Crippen molar-refractivity contribution in [3.63, 3.8) is 0 Å². The van der Waals surface area contributed by atoms with E-state index in [9.17, 15) is 4.39 Å². The normalized spacial score (nSPS) is 17.0. The highest BCUT2D eigenvalue weighted by Crippen LogP contribution is 2.15. The highest BCUT2D eigenvalue weighted by atomic mass is 19.1. The molecule has 1 fully saturated rings. The second-order valence-corrected chi connectivity index (χ2v) is 4.66. The summed E-state index contributed by atoms with van der Waals surface area (Å²) in [5, 5.41) is 3.32. The Labute approximate surface area is 108 Å². The average molecular weight is 252 g/mol. The number of halogens is 1. The van der Waals surface area contributed by atoms with Crippen molar-refractivity contribution in [2.45, 2.75) is 13.0 Å². The van der Waals surface area contributed by atoms with Gasteiger partial charge in [-0.1, -0.05) is 18.2 Å². The monoisotopic (exact) mass is 252 g/mol. The summed E-state index contributed by atoms with van der Waals surface area (Å²) in [5.74, 6) is -0.102. The largest absolute Gasteiger partial charge is 0.380 e. The zero-order chi connectivity index (χ0) is 12.8. The van der Waals surface area contributed by atoms with Crippen molar-refractivity contribution >= 4 is 0 Å². The lowest BCUT2D eigenvalue weighted by Crippen LogP contribution is -2.44. The van der Waals surface area contributed by atoms with Gasteiger partial charge in [-0.25, -0.2) is 4.39 Å². The third-order valence-corrected chi connectivity index (χ3v) is 3.37. The molecule has 2 rings (SSSR count). The van der Waals surface area contributed by atoms with E-state index in [4.69, 9.17) is 4.74 Å². The predicted molar refractivity (Wildman–Crippen MR) is 70.1 cm³/mol. The molecule has 1 aromatic carbocycles. The fourth-order valence-electron chi connectivity index (χ4n) is 2.31. The molecule has 18 heavy (non-hydrogen) atoms. The zero-order valence-corrected chi connectivity index (χ0v) is 10.9. The summed E-state index contributed by atoms with van der Waals surface area (Å²) in [6.45, 7) is 5.44. The molecular formula is C14H21FN2O. The maximum absolute atomic E-state index is 14.1. The Hall–Kier alpha value is -0.970. The molecule has 0 aromatic heterocycles. The Balaban J connectivity index is 1.93. The van der Waals surface area contributed by atoms with Gasteiger partial charge in [0.1, 0.15) is 5.82 Å². The SMILES string of the molecule is COCc1cccc(CCN2CCNCC2)c1F. The molecule has 0 aliphatic carbocycles. The van der Waals surface area contributed by atoms with E-state index in [-0.39, 0.29) is 5.82 Å². The molecule has 0 atom stereocenters. The first-order chi connectivity index (χ1) is 8.81. The minimum absolute atomic E-state index is 0.102. The van der Waals surface area contributed by atoms with Gasteiger partial charge in [-0.3, -0.25) is 0 Å². The van der Waals surface area contributed by atoms with E-state index in [0.717, 1.165) is 44.7 Å². The van der Waals surface area contributed by atoms with Gasteiger partial charge in [0.05, 0.1) is 6.61 Å². The van der Waals surface area contributed by atoms with Gasteiger partial charge in [-0.15, -0.1) is 0 Å². The number of nitrogens with one attached hydrogen (secondary N) is 1. The van der Waals surface area contributed by atoms with Gasteiger partial charge in [0.15, 0.2) is 0 Å². The minimum Gasteiger partial charge on any atom is -0.380 e. The summed E-state index contributed by atoms with van der Waals surface area (Å²) in [5.41, 5.74) is 1.44. The molecule has 0 amide bonds. The highest BCUT2D eigenvalue weighted by Gasteiger charge is 2.12. The molecule has 0 radical (unpaired) electrons. The highest BCUT2D eigenvalue weighted by molar-refractivity contribution is 5.25. The molecule has 0 spiro atoms. The van der Waals surface area contributed by atoms with E-state index >= 15 is 0 Å². The molecular weight excluding hydrogens is 231 g/mol. The first-order valence-corrected chi connectivity index (χ1v) is 6.49. The van der Waals surface area contributed by atoms with Crippen LogP contribution >= 0.6 is 0 Å². The van der Waals surface area contributed by atoms with Gasteiger partial charge in [0.25, 0.3) is 0 Å². The second-order valence-electron chi connectivity index (χ2n) is 4.66. The molecule has 1 saturated heterocycles. The van der Waals surface area contributed by atoms with Crippen molar-refractivity contribution in [3.8, 4) is 0 Å². The van der Waals surface area contributed by atoms with Crippen LogP contribution in [0.2, 0.25) is 0 Å². The van der Waals surface area contributed by atoms with Crippen LogP contribution in [0.4, 0.5) is 4.39 Å². The number of hydrogen-bond donors (Lipinski definition) is 1. The van der Waals surface area contributed by atoms with Gasteiger partial charge in [0.2, 0.25) is 0 Å². The second kappa shape index (κ2) is 6.83. The van der Waals surface area contributed by atoms with Gasteiger partial charge < -0.3 is 15.0 Å². The standard InChI is InChI=1S/C14H21FN2O/c1-18-11-13-4-2-3-12(14(13)15)5-8-17-9-6-16-7-10-17/h2-4,16H,5-11H2,1H3. The summed E-state index contributed by atoms with van der Waals surface area (Å²) in [6.07, 6.45) is 0.767. The molecule has 0 bridgehead atoms. The third-order valence-electron chi connectivity index (χ3n) is 3.37. The maximum atomic E-state index is 14.1. The average Bonchev–Trinajstić information content (AvgIpc) is 2.41. The third kappa shape index (κ3) is 3.51. The van der Waals surface area contributed by atoms with E-state index in [1.54, 1.807) is 13.2 Å². The lowest BCUT2D eigenvalue weighted by Gasteiger charge is -2.27. The van der Waals surface area contributed by atoms with Crippen LogP contribution in [-0.4, -0.2) is 44.7 Å². The zero-order valence-electron chi connectivity index (χ0n) is 10.9. The Morgan fingerprint density at radius 1 is 1.28 bits per heavy atom. The molecule has 1 heterocycles. The predicted octanol–water partition coefficient (Wildman–Crippen LogP) is 1.42. The van der Waals surface area contributed by atoms with Crippen molar-refractivity contribution < 1.29 is 9.13 Å². The van der Waals surface area contributed by atoms with Crippen molar-refractivity contribution in [1.82, 2.24) is 10.2 Å². The summed E-state index contributed by atoms with van der Waals surface area (Å²) in [6, 6.07) is 5.56. The van der Waals surface area contributed by atoms with Crippen molar-refractivity contribution in [2.24, 2.45) is 0 Å². The van der Waals surface area contributed by atoms with Crippen LogP contribution in [0.5, 0.6) is 0 Å². The number of methoxy groups -OCH3 is 1. The number of rotatable bonds is 5. The smallest absolute Gasteiger partial charge is 0.131 e. The Kier molecular flexibility index (Phi) is 5.11. The van der Waals surface area contributed by atoms with E-state index in [1.165, 1.54) is 0 Å². The first kappa shape index (κ1) is 13.5. The molecule has 0 saturated carbocycles. The van der Waals surface area contributed by atoms with Gasteiger partial charge in [-0.2, -0.15) is 0 Å². The quantitative estimate of drug-likeness (QED) is 0.858. The minimum atomic E-state index is -0.102. The van der Waals surface area contributed by atoms with Crippen molar-refractivity contribution in [2.75, 3.05) is 39.8 Å². The van der Waals surface area contributed by atoms with Crippen molar-refractivity contribution in [1.29, 1.82) is 0 Å². The van der Waals surface area contributed by atoms with Crippen molar-refractivity contribution in [3.05, 3.63) is 35.1 Å². The molecule has 4 heteroatoms. The van der Waals surface area contributed by atoms with Crippen LogP contribution in [-0.2, 0) is 17.8 Å². The van der Waals surface area contributed by atoms with Crippen LogP contribution in [0.1, 0.15) is 11.1 Å². The van der Waals surface area contributed by atoms with Crippen LogP contribution in [0.3, 0.4) is 0 Å². The van der Waals surface area contributed by atoms with E-state index in [2.05, 4.69) is 10.2 Å².